The van der Waals surface area contributed by atoms with Crippen molar-refractivity contribution in [2.24, 2.45) is 5.92 Å². The molecule has 37 heavy (non-hydrogen) atoms. The highest BCUT2D eigenvalue weighted by molar-refractivity contribution is 7.20. The summed E-state index contributed by atoms with van der Waals surface area (Å²) >= 11 is 1.66. The molecular formula is C30H33N3O3S. The van der Waals surface area contributed by atoms with Gasteiger partial charge in [0.2, 0.25) is 0 Å². The molecule has 0 spiro atoms. The average molecular weight is 516 g/mol. The normalized spacial score (nSPS) is 16.2. The van der Waals surface area contributed by atoms with Gasteiger partial charge in [-0.1, -0.05) is 35.5 Å². The van der Waals surface area contributed by atoms with Crippen molar-refractivity contribution in [3.05, 3.63) is 70.1 Å². The lowest BCUT2D eigenvalue weighted by Gasteiger charge is -2.33. The maximum absolute atomic E-state index is 11.0. The van der Waals surface area contributed by atoms with E-state index in [1.165, 1.54) is 11.1 Å². The van der Waals surface area contributed by atoms with Crippen molar-refractivity contribution in [1.29, 1.82) is 0 Å². The largest absolute Gasteiger partial charge is 0.385 e. The van der Waals surface area contributed by atoms with E-state index in [1.54, 1.807) is 11.3 Å². The first-order valence-electron chi connectivity index (χ1n) is 13.0. The highest BCUT2D eigenvalue weighted by Crippen LogP contribution is 2.47. The molecule has 0 unspecified atom stereocenters. The molecule has 192 valence electrons. The maximum Gasteiger partial charge on any atom is 0.141 e. The first-order valence-corrected chi connectivity index (χ1v) is 13.8. The number of rotatable bonds is 5. The Morgan fingerprint density at radius 3 is 2.49 bits per heavy atom. The van der Waals surface area contributed by atoms with Crippen LogP contribution in [-0.4, -0.2) is 33.0 Å². The van der Waals surface area contributed by atoms with E-state index in [-0.39, 0.29) is 6.04 Å². The summed E-state index contributed by atoms with van der Waals surface area (Å²) in [5.74, 6) is 1.21. The molecule has 1 saturated heterocycles. The molecule has 5 aromatic rings. The Morgan fingerprint density at radius 1 is 1.11 bits per heavy atom. The molecule has 5 heterocycles. The van der Waals surface area contributed by atoms with E-state index in [1.807, 2.05) is 33.9 Å². The molecule has 6 nitrogen and oxygen atoms in total. The number of nitrogens with zero attached hydrogens (tertiary/aromatic N) is 3. The van der Waals surface area contributed by atoms with Crippen LogP contribution in [0.5, 0.6) is 0 Å². The topological polar surface area (TPSA) is 73.3 Å². The third-order valence-electron chi connectivity index (χ3n) is 7.71. The molecule has 0 aliphatic carbocycles. The van der Waals surface area contributed by atoms with Gasteiger partial charge in [-0.25, -0.2) is 0 Å². The van der Waals surface area contributed by atoms with Crippen LogP contribution in [0, 0.1) is 26.7 Å². The molecule has 1 fully saturated rings. The SMILES string of the molecule is Cc1noc(C)c1-c1cnc2c3sc(C(C)(C)O)c(C)c3n([C@H](c3ccccc3)C3CCOCC3)c2c1. The molecule has 0 amide bonds. The Balaban J connectivity index is 1.70. The molecular weight excluding hydrogens is 482 g/mol. The number of pyridine rings is 1. The highest BCUT2D eigenvalue weighted by atomic mass is 32.1. The third-order valence-corrected chi connectivity index (χ3v) is 9.31. The quantitative estimate of drug-likeness (QED) is 0.271. The standard InChI is InChI=1S/C30H33N3O3S/c1-17-26-28(37-29(17)30(4,5)34)25-23(15-22(16-31-25)24-18(2)32-36-19(24)3)33(26)27(20-9-7-6-8-10-20)21-11-13-35-14-12-21/h6-10,15-16,21,27,34H,11-14H2,1-5H3/t27-/m1/s1. The Bertz CT molecular complexity index is 1560. The monoisotopic (exact) mass is 515 g/mol. The molecule has 7 heteroatoms. The molecule has 4 aromatic heterocycles. The zero-order valence-electron chi connectivity index (χ0n) is 22.0. The number of aliphatic hydroxyl groups is 1. The van der Waals surface area contributed by atoms with Gasteiger partial charge in [-0.05, 0) is 70.6 Å². The van der Waals surface area contributed by atoms with Gasteiger partial charge in [0.15, 0.2) is 0 Å². The van der Waals surface area contributed by atoms with Gasteiger partial charge in [-0.3, -0.25) is 4.98 Å². The van der Waals surface area contributed by atoms with Crippen molar-refractivity contribution in [3.63, 3.8) is 0 Å². The van der Waals surface area contributed by atoms with Crippen LogP contribution >= 0.6 is 11.3 Å². The van der Waals surface area contributed by atoms with Crippen LogP contribution in [0.15, 0.2) is 47.1 Å². The fraction of sp³-hybridized carbons (Fsp3) is 0.400. The van der Waals surface area contributed by atoms with Crippen molar-refractivity contribution >= 4 is 32.6 Å². The minimum absolute atomic E-state index is 0.120. The van der Waals surface area contributed by atoms with E-state index in [0.717, 1.165) is 74.8 Å². The van der Waals surface area contributed by atoms with Gasteiger partial charge >= 0.3 is 0 Å². The predicted molar refractivity (Wildman–Crippen MR) is 148 cm³/mol. The van der Waals surface area contributed by atoms with Gasteiger partial charge in [0, 0.05) is 35.4 Å². The van der Waals surface area contributed by atoms with Crippen LogP contribution in [0.1, 0.15) is 60.2 Å². The van der Waals surface area contributed by atoms with Crippen LogP contribution in [-0.2, 0) is 10.3 Å². The summed E-state index contributed by atoms with van der Waals surface area (Å²) < 4.78 is 14.9. The van der Waals surface area contributed by atoms with Gasteiger partial charge in [-0.2, -0.15) is 0 Å². The van der Waals surface area contributed by atoms with Crippen molar-refractivity contribution < 1.29 is 14.4 Å². The Kier molecular flexibility index (Phi) is 5.97. The molecule has 1 aliphatic rings. The number of fused-ring (bicyclic) bond motifs is 3. The smallest absolute Gasteiger partial charge is 0.141 e. The summed E-state index contributed by atoms with van der Waals surface area (Å²) in [5.41, 5.74) is 7.60. The molecule has 1 aromatic carbocycles. The first-order chi connectivity index (χ1) is 17.8. The van der Waals surface area contributed by atoms with Crippen LogP contribution in [0.3, 0.4) is 0 Å². The van der Waals surface area contributed by atoms with Crippen LogP contribution < -0.4 is 0 Å². The predicted octanol–water partition coefficient (Wildman–Crippen LogP) is 7.07. The number of benzene rings is 1. The summed E-state index contributed by atoms with van der Waals surface area (Å²) in [4.78, 5) is 6.03. The zero-order valence-corrected chi connectivity index (χ0v) is 22.9. The van der Waals surface area contributed by atoms with Crippen molar-refractivity contribution in [2.45, 2.75) is 59.1 Å². The molecule has 0 bridgehead atoms. The number of hydrogen-bond acceptors (Lipinski definition) is 6. The number of thiophene rings is 1. The van der Waals surface area contributed by atoms with E-state index in [9.17, 15) is 5.11 Å². The van der Waals surface area contributed by atoms with Gasteiger partial charge < -0.3 is 18.9 Å². The molecule has 6 rings (SSSR count). The van der Waals surface area contributed by atoms with Gasteiger partial charge in [-0.15, -0.1) is 11.3 Å². The molecule has 0 saturated carbocycles. The second kappa shape index (κ2) is 9.08. The van der Waals surface area contributed by atoms with Gasteiger partial charge in [0.05, 0.1) is 33.1 Å². The number of aryl methyl sites for hydroxylation is 3. The third kappa shape index (κ3) is 4.00. The lowest BCUT2D eigenvalue weighted by molar-refractivity contribution is 0.0552. The van der Waals surface area contributed by atoms with E-state index < -0.39 is 5.60 Å². The lowest BCUT2D eigenvalue weighted by atomic mass is 9.86. The second-order valence-electron chi connectivity index (χ2n) is 10.8. The van der Waals surface area contributed by atoms with Gasteiger partial charge in [0.1, 0.15) is 11.3 Å². The van der Waals surface area contributed by atoms with Crippen LogP contribution in [0.25, 0.3) is 32.4 Å². The van der Waals surface area contributed by atoms with Gasteiger partial charge in [0.25, 0.3) is 0 Å². The van der Waals surface area contributed by atoms with Crippen LogP contribution in [0.4, 0.5) is 0 Å². The fourth-order valence-corrected chi connectivity index (χ4v) is 7.41. The number of aromatic nitrogens is 3. The van der Waals surface area contributed by atoms with Crippen molar-refractivity contribution in [3.8, 4) is 11.1 Å². The minimum Gasteiger partial charge on any atom is -0.385 e. The van der Waals surface area contributed by atoms with Crippen molar-refractivity contribution in [1.82, 2.24) is 14.7 Å². The molecule has 1 atom stereocenters. The first kappa shape index (κ1) is 24.3. The second-order valence-corrected chi connectivity index (χ2v) is 11.8. The molecule has 0 radical (unpaired) electrons. The number of ether oxygens (including phenoxy) is 1. The van der Waals surface area contributed by atoms with E-state index in [0.29, 0.717) is 5.92 Å². The Morgan fingerprint density at radius 2 is 1.84 bits per heavy atom. The Labute approximate surface area is 220 Å². The van der Waals surface area contributed by atoms with E-state index in [4.69, 9.17) is 14.2 Å². The van der Waals surface area contributed by atoms with E-state index in [2.05, 4.69) is 53.0 Å². The lowest BCUT2D eigenvalue weighted by Crippen LogP contribution is -2.27. The minimum atomic E-state index is -0.928. The summed E-state index contributed by atoms with van der Waals surface area (Å²) in [6.45, 7) is 11.4. The Hall–Kier alpha value is -3.00. The van der Waals surface area contributed by atoms with Crippen molar-refractivity contribution in [2.75, 3.05) is 13.2 Å². The number of hydrogen-bond donors (Lipinski definition) is 1. The summed E-state index contributed by atoms with van der Waals surface area (Å²) in [6.07, 6.45) is 3.93. The van der Waals surface area contributed by atoms with Crippen LogP contribution in [0.2, 0.25) is 0 Å². The summed E-state index contributed by atoms with van der Waals surface area (Å²) in [7, 11) is 0. The summed E-state index contributed by atoms with van der Waals surface area (Å²) in [5, 5.41) is 15.2. The summed E-state index contributed by atoms with van der Waals surface area (Å²) in [6, 6.07) is 13.2. The fourth-order valence-electron chi connectivity index (χ4n) is 6.11. The highest BCUT2D eigenvalue weighted by Gasteiger charge is 2.33. The molecule has 1 N–H and O–H groups in total. The molecule has 1 aliphatic heterocycles. The average Bonchev–Trinajstić information content (AvgIpc) is 3.51. The maximum atomic E-state index is 11.0. The van der Waals surface area contributed by atoms with E-state index >= 15 is 0 Å². The zero-order chi connectivity index (χ0) is 25.9.